The van der Waals surface area contributed by atoms with Gasteiger partial charge in [-0.1, -0.05) is 39.8 Å². The third-order valence-electron chi connectivity index (χ3n) is 3.90. The lowest BCUT2D eigenvalue weighted by Gasteiger charge is -2.29. The fraction of sp³-hybridized carbons (Fsp3) is 0.600. The Morgan fingerprint density at radius 2 is 1.70 bits per heavy atom. The summed E-state index contributed by atoms with van der Waals surface area (Å²) in [5, 5.41) is 3.03. The number of hydrogen-bond donors (Lipinski definition) is 2. The van der Waals surface area contributed by atoms with Crippen molar-refractivity contribution in [1.29, 1.82) is 0 Å². The maximum Gasteiger partial charge on any atom is 0.240 e. The topological polar surface area (TPSA) is 58.2 Å². The second-order valence-corrected chi connectivity index (χ2v) is 7.91. The minimum Gasteiger partial charge on any atom is -0.316 e. The molecular weight excluding hydrogens is 272 g/mol. The van der Waals surface area contributed by atoms with Crippen LogP contribution in [0.3, 0.4) is 0 Å². The van der Waals surface area contributed by atoms with E-state index in [0.717, 1.165) is 12.1 Å². The van der Waals surface area contributed by atoms with Gasteiger partial charge < -0.3 is 5.32 Å². The maximum absolute atomic E-state index is 12.2. The van der Waals surface area contributed by atoms with Crippen molar-refractivity contribution in [3.05, 3.63) is 29.8 Å². The van der Waals surface area contributed by atoms with Crippen molar-refractivity contribution in [2.75, 3.05) is 13.6 Å². The Balaban J connectivity index is 2.79. The minimum atomic E-state index is -3.43. The Bertz CT molecular complexity index is 519. The highest BCUT2D eigenvalue weighted by molar-refractivity contribution is 7.89. The Kier molecular flexibility index (Phi) is 5.74. The first-order chi connectivity index (χ1) is 9.19. The zero-order valence-electron chi connectivity index (χ0n) is 13.0. The van der Waals surface area contributed by atoms with E-state index >= 15 is 0 Å². The summed E-state index contributed by atoms with van der Waals surface area (Å²) in [6.07, 6.45) is 0. The summed E-state index contributed by atoms with van der Waals surface area (Å²) < 4.78 is 27.2. The molecule has 1 aromatic rings. The fourth-order valence-corrected chi connectivity index (χ4v) is 2.78. The summed E-state index contributed by atoms with van der Waals surface area (Å²) in [6.45, 7) is 9.49. The summed E-state index contributed by atoms with van der Waals surface area (Å²) in [4.78, 5) is 0.317. The van der Waals surface area contributed by atoms with Gasteiger partial charge in [-0.05, 0) is 36.1 Å². The van der Waals surface area contributed by atoms with Gasteiger partial charge in [-0.2, -0.15) is 0 Å². The highest BCUT2D eigenvalue weighted by Crippen LogP contribution is 2.25. The molecule has 0 spiro atoms. The monoisotopic (exact) mass is 298 g/mol. The molecule has 20 heavy (non-hydrogen) atoms. The van der Waals surface area contributed by atoms with E-state index in [2.05, 4.69) is 37.7 Å². The van der Waals surface area contributed by atoms with Crippen LogP contribution in [0.1, 0.15) is 33.3 Å². The maximum atomic E-state index is 12.2. The highest BCUT2D eigenvalue weighted by Gasteiger charge is 2.25. The highest BCUT2D eigenvalue weighted by atomic mass is 32.2. The fourth-order valence-electron chi connectivity index (χ4n) is 1.56. The van der Waals surface area contributed by atoms with Gasteiger partial charge in [-0.3, -0.25) is 0 Å². The van der Waals surface area contributed by atoms with Crippen LogP contribution in [-0.2, 0) is 16.6 Å². The molecule has 0 saturated carbocycles. The first-order valence-corrected chi connectivity index (χ1v) is 8.40. The van der Waals surface area contributed by atoms with Gasteiger partial charge in [-0.25, -0.2) is 13.1 Å². The zero-order chi connectivity index (χ0) is 15.4. The molecule has 0 aromatic heterocycles. The molecule has 0 bridgehead atoms. The van der Waals surface area contributed by atoms with Crippen LogP contribution in [0.15, 0.2) is 29.2 Å². The summed E-state index contributed by atoms with van der Waals surface area (Å²) in [7, 11) is -1.57. The van der Waals surface area contributed by atoms with Crippen molar-refractivity contribution < 1.29 is 8.42 Å². The van der Waals surface area contributed by atoms with Gasteiger partial charge in [0.15, 0.2) is 0 Å². The molecule has 0 amide bonds. The van der Waals surface area contributed by atoms with E-state index in [4.69, 9.17) is 0 Å². The van der Waals surface area contributed by atoms with Gasteiger partial charge in [0.2, 0.25) is 10.0 Å². The quantitative estimate of drug-likeness (QED) is 0.812. The van der Waals surface area contributed by atoms with Crippen LogP contribution >= 0.6 is 0 Å². The number of rotatable bonds is 7. The zero-order valence-corrected chi connectivity index (χ0v) is 13.8. The molecule has 0 aliphatic rings. The Morgan fingerprint density at radius 3 is 2.15 bits per heavy atom. The van der Waals surface area contributed by atoms with Crippen LogP contribution in [0.5, 0.6) is 0 Å². The molecule has 0 aliphatic carbocycles. The second kappa shape index (κ2) is 6.70. The van der Waals surface area contributed by atoms with Crippen molar-refractivity contribution >= 4 is 10.0 Å². The lowest BCUT2D eigenvalue weighted by Crippen LogP contribution is -2.36. The minimum absolute atomic E-state index is 0.0703. The van der Waals surface area contributed by atoms with Gasteiger partial charge in [0.25, 0.3) is 0 Å². The molecule has 0 aliphatic heterocycles. The molecule has 0 radical (unpaired) electrons. The predicted octanol–water partition coefficient (Wildman–Crippen LogP) is 2.37. The van der Waals surface area contributed by atoms with E-state index in [1.54, 1.807) is 12.1 Å². The molecule has 114 valence electrons. The predicted molar refractivity (Wildman–Crippen MR) is 83.0 cm³/mol. The Morgan fingerprint density at radius 1 is 1.15 bits per heavy atom. The molecule has 4 nitrogen and oxygen atoms in total. The standard InChI is InChI=1S/C15H26N2O2S/c1-12(2)15(3,4)11-17-20(18,19)14-8-6-13(7-9-14)10-16-5/h6-9,12,16-17H,10-11H2,1-5H3. The van der Waals surface area contributed by atoms with E-state index in [-0.39, 0.29) is 5.41 Å². The molecule has 1 aromatic carbocycles. The molecule has 0 atom stereocenters. The van der Waals surface area contributed by atoms with Crippen LogP contribution in [0.2, 0.25) is 0 Å². The average Bonchev–Trinajstić information content (AvgIpc) is 2.38. The number of nitrogens with one attached hydrogen (secondary N) is 2. The van der Waals surface area contributed by atoms with Crippen molar-refractivity contribution in [2.45, 2.75) is 39.1 Å². The normalized spacial score (nSPS) is 12.9. The Hall–Kier alpha value is -0.910. The largest absolute Gasteiger partial charge is 0.316 e. The van der Waals surface area contributed by atoms with Crippen LogP contribution in [0, 0.1) is 11.3 Å². The van der Waals surface area contributed by atoms with Crippen molar-refractivity contribution in [1.82, 2.24) is 10.0 Å². The van der Waals surface area contributed by atoms with E-state index in [9.17, 15) is 8.42 Å². The summed E-state index contributed by atoms with van der Waals surface area (Å²) in [5.74, 6) is 0.406. The number of sulfonamides is 1. The third kappa shape index (κ3) is 4.58. The van der Waals surface area contributed by atoms with Gasteiger partial charge in [0, 0.05) is 13.1 Å². The molecule has 2 N–H and O–H groups in total. The Labute approximate surface area is 123 Å². The van der Waals surface area contributed by atoms with E-state index in [1.165, 1.54) is 0 Å². The first kappa shape index (κ1) is 17.1. The third-order valence-corrected chi connectivity index (χ3v) is 5.31. The lowest BCUT2D eigenvalue weighted by molar-refractivity contribution is 0.252. The second-order valence-electron chi connectivity index (χ2n) is 6.14. The number of hydrogen-bond acceptors (Lipinski definition) is 3. The lowest BCUT2D eigenvalue weighted by atomic mass is 9.81. The van der Waals surface area contributed by atoms with Crippen LogP contribution < -0.4 is 10.0 Å². The molecular formula is C15H26N2O2S. The van der Waals surface area contributed by atoms with Gasteiger partial charge >= 0.3 is 0 Å². The van der Waals surface area contributed by atoms with Gasteiger partial charge in [-0.15, -0.1) is 0 Å². The van der Waals surface area contributed by atoms with Crippen LogP contribution in [-0.4, -0.2) is 22.0 Å². The van der Waals surface area contributed by atoms with Crippen molar-refractivity contribution in [3.63, 3.8) is 0 Å². The van der Waals surface area contributed by atoms with Crippen LogP contribution in [0.25, 0.3) is 0 Å². The van der Waals surface area contributed by atoms with E-state index in [1.807, 2.05) is 19.2 Å². The smallest absolute Gasteiger partial charge is 0.240 e. The molecule has 0 heterocycles. The van der Waals surface area contributed by atoms with Crippen molar-refractivity contribution in [3.8, 4) is 0 Å². The van der Waals surface area contributed by atoms with E-state index < -0.39 is 10.0 Å². The summed E-state index contributed by atoms with van der Waals surface area (Å²) >= 11 is 0. The molecule has 5 heteroatoms. The van der Waals surface area contributed by atoms with Gasteiger partial charge in [0.1, 0.15) is 0 Å². The van der Waals surface area contributed by atoms with Crippen molar-refractivity contribution in [2.24, 2.45) is 11.3 Å². The summed E-state index contributed by atoms with van der Waals surface area (Å²) in [6, 6.07) is 6.96. The molecule has 0 unspecified atom stereocenters. The average molecular weight is 298 g/mol. The first-order valence-electron chi connectivity index (χ1n) is 6.92. The summed E-state index contributed by atoms with van der Waals surface area (Å²) in [5.41, 5.74) is 0.994. The molecule has 1 rings (SSSR count). The van der Waals surface area contributed by atoms with Gasteiger partial charge in [0.05, 0.1) is 4.90 Å². The van der Waals surface area contributed by atoms with Crippen LogP contribution in [0.4, 0.5) is 0 Å². The SMILES string of the molecule is CNCc1ccc(S(=O)(=O)NCC(C)(C)C(C)C)cc1. The molecule has 0 saturated heterocycles. The van der Waals surface area contributed by atoms with E-state index in [0.29, 0.717) is 17.4 Å². The molecule has 0 fully saturated rings. The number of benzene rings is 1.